The van der Waals surface area contributed by atoms with Crippen LogP contribution in [0.3, 0.4) is 0 Å². The van der Waals surface area contributed by atoms with Gasteiger partial charge in [0.25, 0.3) is 5.78 Å². The quantitative estimate of drug-likeness (QED) is 0.336. The number of ketones is 2. The highest BCUT2D eigenvalue weighted by Crippen LogP contribution is 2.33. The Morgan fingerprint density at radius 1 is 1.03 bits per heavy atom. The van der Waals surface area contributed by atoms with E-state index in [9.17, 15) is 19.5 Å². The molecule has 0 unspecified atom stereocenters. The van der Waals surface area contributed by atoms with Crippen molar-refractivity contribution in [1.29, 1.82) is 0 Å². The molecule has 7 heteroatoms. The van der Waals surface area contributed by atoms with Gasteiger partial charge in [-0.3, -0.25) is 9.59 Å². The molecule has 29 heavy (non-hydrogen) atoms. The molecule has 154 valence electrons. The van der Waals surface area contributed by atoms with Crippen molar-refractivity contribution in [2.45, 2.75) is 33.1 Å². The number of carbonyl (C=O) groups is 3. The van der Waals surface area contributed by atoms with Crippen molar-refractivity contribution < 1.29 is 34.1 Å². The van der Waals surface area contributed by atoms with Crippen LogP contribution in [0.1, 0.15) is 53.0 Å². The Hall–Kier alpha value is -3.35. The van der Waals surface area contributed by atoms with E-state index in [4.69, 9.17) is 14.6 Å². The van der Waals surface area contributed by atoms with Crippen LogP contribution in [0.25, 0.3) is 0 Å². The summed E-state index contributed by atoms with van der Waals surface area (Å²) in [5.41, 5.74) is 0.942. The van der Waals surface area contributed by atoms with Crippen LogP contribution >= 0.6 is 0 Å². The van der Waals surface area contributed by atoms with Gasteiger partial charge in [-0.25, -0.2) is 4.79 Å². The van der Waals surface area contributed by atoms with Crippen molar-refractivity contribution in [3.63, 3.8) is 0 Å². The van der Waals surface area contributed by atoms with Crippen LogP contribution in [0, 0.1) is 0 Å². The molecule has 0 aliphatic carbocycles. The van der Waals surface area contributed by atoms with Gasteiger partial charge in [-0.15, -0.1) is 0 Å². The van der Waals surface area contributed by atoms with Crippen molar-refractivity contribution in [1.82, 2.24) is 0 Å². The Balaban J connectivity index is 1.92. The third kappa shape index (κ3) is 5.81. The van der Waals surface area contributed by atoms with Crippen molar-refractivity contribution in [3.8, 4) is 17.2 Å². The van der Waals surface area contributed by atoms with E-state index >= 15 is 0 Å². The minimum absolute atomic E-state index is 0.0342. The van der Waals surface area contributed by atoms with Crippen LogP contribution in [0.15, 0.2) is 36.4 Å². The molecule has 0 saturated heterocycles. The molecule has 0 heterocycles. The van der Waals surface area contributed by atoms with Crippen LogP contribution in [-0.2, 0) is 11.2 Å². The van der Waals surface area contributed by atoms with Gasteiger partial charge in [0.1, 0.15) is 17.2 Å². The Labute approximate surface area is 168 Å². The Morgan fingerprint density at radius 2 is 1.76 bits per heavy atom. The number of carboxylic acid groups (broad SMARTS) is 1. The maximum Gasteiger partial charge on any atom is 0.377 e. The van der Waals surface area contributed by atoms with E-state index in [1.807, 2.05) is 6.92 Å². The molecule has 7 nitrogen and oxygen atoms in total. The zero-order chi connectivity index (χ0) is 21.4. The number of benzene rings is 2. The highest BCUT2D eigenvalue weighted by atomic mass is 16.5. The molecule has 2 rings (SSSR count). The van der Waals surface area contributed by atoms with Crippen molar-refractivity contribution >= 4 is 17.5 Å². The average Bonchev–Trinajstić information content (AvgIpc) is 2.69. The summed E-state index contributed by atoms with van der Waals surface area (Å²) >= 11 is 0. The summed E-state index contributed by atoms with van der Waals surface area (Å²) < 4.78 is 11.3. The first-order valence-electron chi connectivity index (χ1n) is 9.34. The molecule has 0 atom stereocenters. The van der Waals surface area contributed by atoms with Gasteiger partial charge in [-0.2, -0.15) is 0 Å². The van der Waals surface area contributed by atoms with E-state index in [2.05, 4.69) is 0 Å². The number of rotatable bonds is 11. The summed E-state index contributed by atoms with van der Waals surface area (Å²) in [5.74, 6) is -1.82. The van der Waals surface area contributed by atoms with E-state index in [1.165, 1.54) is 19.1 Å². The molecule has 0 fully saturated rings. The number of aliphatic carboxylic acids is 1. The van der Waals surface area contributed by atoms with Gasteiger partial charge < -0.3 is 19.7 Å². The standard InChI is InChI=1S/C22H24O7/c1-3-6-18-19(10-9-17(14(2)23)21(18)25)29-12-5-11-28-16-8-4-7-15(13-16)20(24)22(26)27/h4,7-10,13,25H,3,5-6,11-12H2,1-2H3,(H,26,27). The van der Waals surface area contributed by atoms with E-state index < -0.39 is 11.8 Å². The average molecular weight is 400 g/mol. The zero-order valence-corrected chi connectivity index (χ0v) is 16.4. The predicted octanol–water partition coefficient (Wildman–Crippen LogP) is 3.66. The minimum atomic E-state index is -1.52. The number of ether oxygens (including phenoxy) is 2. The number of hydrogen-bond donors (Lipinski definition) is 2. The first kappa shape index (κ1) is 21.9. The number of aromatic hydroxyl groups is 1. The number of phenolic OH excluding ortho intramolecular Hbond substituents is 1. The Kier molecular flexibility index (Phi) is 7.77. The zero-order valence-electron chi connectivity index (χ0n) is 16.4. The lowest BCUT2D eigenvalue weighted by molar-refractivity contribution is -0.131. The van der Waals surface area contributed by atoms with E-state index in [1.54, 1.807) is 24.3 Å². The number of phenols is 1. The van der Waals surface area contributed by atoms with Crippen LogP contribution in [-0.4, -0.2) is 41.0 Å². The SMILES string of the molecule is CCCc1c(OCCCOc2cccc(C(=O)C(=O)O)c2)ccc(C(C)=O)c1O. The summed E-state index contributed by atoms with van der Waals surface area (Å²) in [5, 5.41) is 19.1. The number of carbonyl (C=O) groups excluding carboxylic acids is 2. The number of carboxylic acids is 1. The van der Waals surface area contributed by atoms with E-state index in [0.29, 0.717) is 43.1 Å². The fourth-order valence-corrected chi connectivity index (χ4v) is 2.81. The smallest absolute Gasteiger partial charge is 0.377 e. The molecule has 0 aliphatic heterocycles. The molecular weight excluding hydrogens is 376 g/mol. The van der Waals surface area contributed by atoms with E-state index in [-0.39, 0.29) is 22.7 Å². The Morgan fingerprint density at radius 3 is 2.41 bits per heavy atom. The van der Waals surface area contributed by atoms with Gasteiger partial charge in [0.15, 0.2) is 5.78 Å². The number of Topliss-reactive ketones (excluding diaryl/α,β-unsaturated/α-hetero) is 2. The monoisotopic (exact) mass is 400 g/mol. The van der Waals surface area contributed by atoms with Gasteiger partial charge in [0, 0.05) is 17.5 Å². The molecule has 2 N–H and O–H groups in total. The second-order valence-corrected chi connectivity index (χ2v) is 6.46. The lowest BCUT2D eigenvalue weighted by Gasteiger charge is -2.15. The summed E-state index contributed by atoms with van der Waals surface area (Å²) in [6, 6.07) is 9.22. The van der Waals surface area contributed by atoms with Crippen LogP contribution < -0.4 is 9.47 Å². The lowest BCUT2D eigenvalue weighted by atomic mass is 10.0. The third-order valence-corrected chi connectivity index (χ3v) is 4.22. The first-order valence-corrected chi connectivity index (χ1v) is 9.34. The van der Waals surface area contributed by atoms with Gasteiger partial charge in [0.05, 0.1) is 18.8 Å². The highest BCUT2D eigenvalue weighted by Gasteiger charge is 2.16. The lowest BCUT2D eigenvalue weighted by Crippen LogP contribution is -2.12. The second kappa shape index (κ2) is 10.3. The molecular formula is C22H24O7. The molecule has 0 saturated carbocycles. The molecule has 2 aromatic carbocycles. The predicted molar refractivity (Wildman–Crippen MR) is 106 cm³/mol. The summed E-state index contributed by atoms with van der Waals surface area (Å²) in [6.45, 7) is 4.00. The first-order chi connectivity index (χ1) is 13.8. The Bertz CT molecular complexity index is 902. The van der Waals surface area contributed by atoms with Crippen LogP contribution in [0.4, 0.5) is 0 Å². The maximum absolute atomic E-state index is 11.6. The van der Waals surface area contributed by atoms with Gasteiger partial charge >= 0.3 is 5.97 Å². The summed E-state index contributed by atoms with van der Waals surface area (Å²) in [7, 11) is 0. The normalized spacial score (nSPS) is 10.4. The molecule has 0 radical (unpaired) electrons. The molecule has 0 aromatic heterocycles. The molecule has 2 aromatic rings. The molecule has 0 amide bonds. The van der Waals surface area contributed by atoms with E-state index in [0.717, 1.165) is 6.42 Å². The molecule has 0 spiro atoms. The van der Waals surface area contributed by atoms with Gasteiger partial charge in [0.2, 0.25) is 0 Å². The fourth-order valence-electron chi connectivity index (χ4n) is 2.81. The number of hydrogen-bond acceptors (Lipinski definition) is 6. The molecule has 0 aliphatic rings. The fraction of sp³-hybridized carbons (Fsp3) is 0.318. The topological polar surface area (TPSA) is 110 Å². The molecule has 0 bridgehead atoms. The van der Waals surface area contributed by atoms with Crippen LogP contribution in [0.5, 0.6) is 17.2 Å². The summed E-state index contributed by atoms with van der Waals surface area (Å²) in [4.78, 5) is 33.9. The van der Waals surface area contributed by atoms with Gasteiger partial charge in [-0.1, -0.05) is 25.5 Å². The highest BCUT2D eigenvalue weighted by molar-refractivity contribution is 6.39. The maximum atomic E-state index is 11.6. The van der Waals surface area contributed by atoms with Crippen molar-refractivity contribution in [2.75, 3.05) is 13.2 Å². The second-order valence-electron chi connectivity index (χ2n) is 6.46. The summed E-state index contributed by atoms with van der Waals surface area (Å²) in [6.07, 6.45) is 1.90. The minimum Gasteiger partial charge on any atom is -0.507 e. The van der Waals surface area contributed by atoms with Crippen molar-refractivity contribution in [3.05, 3.63) is 53.1 Å². The van der Waals surface area contributed by atoms with Gasteiger partial charge in [-0.05, 0) is 37.6 Å². The van der Waals surface area contributed by atoms with Crippen molar-refractivity contribution in [2.24, 2.45) is 0 Å². The largest absolute Gasteiger partial charge is 0.507 e. The third-order valence-electron chi connectivity index (χ3n) is 4.22. The van der Waals surface area contributed by atoms with Crippen LogP contribution in [0.2, 0.25) is 0 Å².